The maximum absolute atomic E-state index is 11.3. The van der Waals surface area contributed by atoms with E-state index in [9.17, 15) is 14.9 Å². The lowest BCUT2D eigenvalue weighted by Gasteiger charge is -2.02. The number of carbonyl (C=O) groups is 1. The van der Waals surface area contributed by atoms with Gasteiger partial charge in [-0.3, -0.25) is 14.9 Å². The Balaban J connectivity index is 2.29. The molecule has 110 valence electrons. The van der Waals surface area contributed by atoms with Crippen LogP contribution >= 0.6 is 34.9 Å². The molecule has 0 aliphatic carbocycles. The van der Waals surface area contributed by atoms with Crippen molar-refractivity contribution in [2.45, 2.75) is 27.4 Å². The van der Waals surface area contributed by atoms with Crippen molar-refractivity contribution in [1.29, 1.82) is 0 Å². The van der Waals surface area contributed by atoms with Gasteiger partial charge in [-0.15, -0.1) is 10.2 Å². The van der Waals surface area contributed by atoms with Crippen LogP contribution in [0.25, 0.3) is 0 Å². The molecule has 2 aromatic rings. The highest BCUT2D eigenvalue weighted by molar-refractivity contribution is 8.03. The number of rotatable bonds is 6. The molecule has 0 atom stereocenters. The van der Waals surface area contributed by atoms with E-state index < -0.39 is 4.92 Å². The van der Waals surface area contributed by atoms with Crippen molar-refractivity contribution in [3.05, 3.63) is 33.9 Å². The third-order valence-corrected chi connectivity index (χ3v) is 5.47. The van der Waals surface area contributed by atoms with Crippen LogP contribution in [0.4, 0.5) is 5.69 Å². The van der Waals surface area contributed by atoms with E-state index in [1.165, 1.54) is 36.1 Å². The zero-order chi connectivity index (χ0) is 15.4. The predicted octanol–water partition coefficient (Wildman–Crippen LogP) is 3.91. The zero-order valence-corrected chi connectivity index (χ0v) is 13.7. The zero-order valence-electron chi connectivity index (χ0n) is 11.2. The van der Waals surface area contributed by atoms with Crippen molar-refractivity contribution >= 4 is 46.3 Å². The van der Waals surface area contributed by atoms with Gasteiger partial charge in [0.15, 0.2) is 14.5 Å². The summed E-state index contributed by atoms with van der Waals surface area (Å²) in [5.41, 5.74) is 0.234. The fourth-order valence-electron chi connectivity index (χ4n) is 1.48. The molecular formula is C12H11N3O3S3. The van der Waals surface area contributed by atoms with E-state index in [4.69, 9.17) is 0 Å². The Hall–Kier alpha value is -1.45. The second kappa shape index (κ2) is 7.01. The van der Waals surface area contributed by atoms with Crippen molar-refractivity contribution in [1.82, 2.24) is 10.2 Å². The predicted molar refractivity (Wildman–Crippen MR) is 83.5 cm³/mol. The molecule has 0 aliphatic heterocycles. The first kappa shape index (κ1) is 15.9. The van der Waals surface area contributed by atoms with Gasteiger partial charge >= 0.3 is 0 Å². The molecule has 1 aromatic carbocycles. The molecule has 0 spiro atoms. The Morgan fingerprint density at radius 1 is 1.38 bits per heavy atom. The smallest absolute Gasteiger partial charge is 0.284 e. The van der Waals surface area contributed by atoms with Gasteiger partial charge in [0.2, 0.25) is 0 Å². The Morgan fingerprint density at radius 2 is 2.10 bits per heavy atom. The maximum atomic E-state index is 11.3. The number of benzene rings is 1. The van der Waals surface area contributed by atoms with Gasteiger partial charge in [0.25, 0.3) is 5.69 Å². The van der Waals surface area contributed by atoms with Crippen LogP contribution in [0.5, 0.6) is 0 Å². The summed E-state index contributed by atoms with van der Waals surface area (Å²) in [5, 5.41) is 19.2. The Labute approximate surface area is 133 Å². The van der Waals surface area contributed by atoms with Gasteiger partial charge in [0.1, 0.15) is 0 Å². The van der Waals surface area contributed by atoms with Crippen molar-refractivity contribution in [2.24, 2.45) is 0 Å². The molecular weight excluding hydrogens is 330 g/mol. The van der Waals surface area contributed by atoms with Crippen LogP contribution in [-0.2, 0) is 0 Å². The lowest BCUT2D eigenvalue weighted by Crippen LogP contribution is -1.96. The maximum Gasteiger partial charge on any atom is 0.284 e. The standard InChI is InChI=1S/C12H11N3O3S3/c1-3-19-11-13-14-12(21-11)20-10-5-4-8(7(2)16)6-9(10)15(17)18/h4-6H,3H2,1-2H3. The number of thioether (sulfide) groups is 1. The third-order valence-electron chi connectivity index (χ3n) is 2.42. The first-order valence-electron chi connectivity index (χ1n) is 5.94. The van der Waals surface area contributed by atoms with Crippen molar-refractivity contribution in [3.63, 3.8) is 0 Å². The molecule has 0 fully saturated rings. The quantitative estimate of drug-likeness (QED) is 0.341. The highest BCUT2D eigenvalue weighted by Crippen LogP contribution is 2.38. The topological polar surface area (TPSA) is 86.0 Å². The number of Topliss-reactive ketones (excluding diaryl/α,β-unsaturated/α-hetero) is 1. The van der Waals surface area contributed by atoms with Gasteiger partial charge in [-0.05, 0) is 24.8 Å². The van der Waals surface area contributed by atoms with Crippen LogP contribution in [0.1, 0.15) is 24.2 Å². The van der Waals surface area contributed by atoms with E-state index >= 15 is 0 Å². The molecule has 0 amide bonds. The molecule has 0 N–H and O–H groups in total. The van der Waals surface area contributed by atoms with E-state index in [0.717, 1.165) is 10.1 Å². The van der Waals surface area contributed by atoms with Gasteiger partial charge in [0, 0.05) is 11.6 Å². The highest BCUT2D eigenvalue weighted by Gasteiger charge is 2.18. The molecule has 0 bridgehead atoms. The lowest BCUT2D eigenvalue weighted by molar-refractivity contribution is -0.387. The lowest BCUT2D eigenvalue weighted by atomic mass is 10.1. The minimum Gasteiger partial charge on any atom is -0.295 e. The van der Waals surface area contributed by atoms with Crippen LogP contribution in [-0.4, -0.2) is 26.7 Å². The first-order valence-corrected chi connectivity index (χ1v) is 8.56. The van der Waals surface area contributed by atoms with E-state index in [-0.39, 0.29) is 11.5 Å². The minimum atomic E-state index is -0.489. The van der Waals surface area contributed by atoms with Gasteiger partial charge < -0.3 is 0 Å². The Morgan fingerprint density at radius 3 is 2.71 bits per heavy atom. The molecule has 9 heteroatoms. The molecule has 0 unspecified atom stereocenters. The molecule has 0 saturated heterocycles. The molecule has 6 nitrogen and oxygen atoms in total. The molecule has 2 rings (SSSR count). The van der Waals surface area contributed by atoms with E-state index in [1.54, 1.807) is 23.9 Å². The summed E-state index contributed by atoms with van der Waals surface area (Å²) in [4.78, 5) is 22.4. The number of ketones is 1. The van der Waals surface area contributed by atoms with Gasteiger partial charge in [-0.1, -0.05) is 41.8 Å². The second-order valence-electron chi connectivity index (χ2n) is 3.86. The summed E-state index contributed by atoms with van der Waals surface area (Å²) < 4.78 is 1.48. The van der Waals surface area contributed by atoms with Crippen molar-refractivity contribution in [3.8, 4) is 0 Å². The number of nitro benzene ring substituents is 1. The largest absolute Gasteiger partial charge is 0.295 e. The SMILES string of the molecule is CCSc1nnc(Sc2ccc(C(C)=O)cc2[N+](=O)[O-])s1. The number of hydrogen-bond donors (Lipinski definition) is 0. The first-order chi connectivity index (χ1) is 10.0. The van der Waals surface area contributed by atoms with E-state index in [2.05, 4.69) is 10.2 Å². The van der Waals surface area contributed by atoms with Gasteiger partial charge in [-0.2, -0.15) is 0 Å². The van der Waals surface area contributed by atoms with Gasteiger partial charge in [0.05, 0.1) is 9.82 Å². The molecule has 0 radical (unpaired) electrons. The van der Waals surface area contributed by atoms with E-state index in [0.29, 0.717) is 14.8 Å². The summed E-state index contributed by atoms with van der Waals surface area (Å²) in [6.07, 6.45) is 0. The van der Waals surface area contributed by atoms with Crippen LogP contribution in [0.3, 0.4) is 0 Å². The number of aromatic nitrogens is 2. The highest BCUT2D eigenvalue weighted by atomic mass is 32.2. The normalized spacial score (nSPS) is 10.6. The number of nitrogens with zero attached hydrogens (tertiary/aromatic N) is 3. The molecule has 1 aromatic heterocycles. The van der Waals surface area contributed by atoms with Crippen molar-refractivity contribution in [2.75, 3.05) is 5.75 Å². The second-order valence-corrected chi connectivity index (χ2v) is 7.64. The molecule has 0 aliphatic rings. The summed E-state index contributed by atoms with van der Waals surface area (Å²) in [6, 6.07) is 4.46. The summed E-state index contributed by atoms with van der Waals surface area (Å²) >= 11 is 4.16. The summed E-state index contributed by atoms with van der Waals surface area (Å²) in [7, 11) is 0. The average molecular weight is 341 g/mol. The fourth-order valence-corrected chi connectivity index (χ4v) is 4.44. The van der Waals surface area contributed by atoms with Crippen LogP contribution < -0.4 is 0 Å². The molecule has 21 heavy (non-hydrogen) atoms. The summed E-state index contributed by atoms with van der Waals surface area (Å²) in [6.45, 7) is 3.40. The molecule has 0 saturated carbocycles. The Bertz CT molecular complexity index is 687. The van der Waals surface area contributed by atoms with Gasteiger partial charge in [-0.25, -0.2) is 0 Å². The molecule has 1 heterocycles. The third kappa shape index (κ3) is 4.02. The summed E-state index contributed by atoms with van der Waals surface area (Å²) in [5.74, 6) is 0.694. The van der Waals surface area contributed by atoms with Crippen LogP contribution in [0.15, 0.2) is 31.8 Å². The minimum absolute atomic E-state index is 0.0902. The number of hydrogen-bond acceptors (Lipinski definition) is 8. The van der Waals surface area contributed by atoms with E-state index in [1.807, 2.05) is 6.92 Å². The number of nitro groups is 1. The Kier molecular flexibility index (Phi) is 5.32. The average Bonchev–Trinajstić information content (AvgIpc) is 2.86. The number of carbonyl (C=O) groups excluding carboxylic acids is 1. The van der Waals surface area contributed by atoms with Crippen LogP contribution in [0.2, 0.25) is 0 Å². The van der Waals surface area contributed by atoms with Crippen LogP contribution in [0, 0.1) is 10.1 Å². The monoisotopic (exact) mass is 341 g/mol. The fraction of sp³-hybridized carbons (Fsp3) is 0.250. The van der Waals surface area contributed by atoms with Crippen molar-refractivity contribution < 1.29 is 9.72 Å².